The van der Waals surface area contributed by atoms with Gasteiger partial charge in [0.2, 0.25) is 0 Å². The van der Waals surface area contributed by atoms with Gasteiger partial charge in [-0.15, -0.1) is 0 Å². The van der Waals surface area contributed by atoms with E-state index in [1.54, 1.807) is 0 Å². The Kier molecular flexibility index (Phi) is 14.9. The molecule has 0 fully saturated rings. The van der Waals surface area contributed by atoms with Crippen LogP contribution in [0.4, 0.5) is 0 Å². The van der Waals surface area contributed by atoms with Crippen molar-refractivity contribution in [1.29, 1.82) is 0 Å². The largest absolute Gasteiger partial charge is 0.381 e. The highest BCUT2D eigenvalue weighted by atomic mass is 16.5. The fourth-order valence-electron chi connectivity index (χ4n) is 2.16. The van der Waals surface area contributed by atoms with Gasteiger partial charge in [-0.2, -0.15) is 0 Å². The lowest BCUT2D eigenvalue weighted by molar-refractivity contribution is 0.0907. The van der Waals surface area contributed by atoms with Gasteiger partial charge in [0.1, 0.15) is 0 Å². The van der Waals surface area contributed by atoms with Crippen LogP contribution >= 0.6 is 0 Å². The van der Waals surface area contributed by atoms with Crippen LogP contribution in [0.3, 0.4) is 0 Å². The molecular weight excluding hydrogens is 224 g/mol. The Morgan fingerprint density at radius 3 is 2.17 bits per heavy atom. The molecule has 0 aromatic heterocycles. The average molecular weight is 257 g/mol. The van der Waals surface area contributed by atoms with E-state index in [9.17, 15) is 5.11 Å². The third-order valence-electron chi connectivity index (χ3n) is 3.58. The molecule has 0 aliphatic carbocycles. The molecule has 0 aliphatic heterocycles. The zero-order valence-corrected chi connectivity index (χ0v) is 12.6. The van der Waals surface area contributed by atoms with Crippen molar-refractivity contribution in [1.82, 2.24) is 0 Å². The molecule has 0 aliphatic rings. The normalized spacial score (nSPS) is 12.8. The van der Waals surface area contributed by atoms with Gasteiger partial charge in [0.05, 0.1) is 6.61 Å². The van der Waals surface area contributed by atoms with Gasteiger partial charge in [0.15, 0.2) is 0 Å². The number of rotatable bonds is 14. The molecule has 0 heterocycles. The quantitative estimate of drug-likeness (QED) is 0.403. The SMILES string of the molecule is CCCCC(CC)COCCCCCCCC[O]. The number of unbranched alkanes of at least 4 members (excludes halogenated alkanes) is 6. The van der Waals surface area contributed by atoms with E-state index < -0.39 is 0 Å². The van der Waals surface area contributed by atoms with Crippen LogP contribution in [0.25, 0.3) is 0 Å². The van der Waals surface area contributed by atoms with Gasteiger partial charge < -0.3 is 4.74 Å². The Hall–Kier alpha value is -0.0800. The predicted octanol–water partition coefficient (Wildman–Crippen LogP) is 4.99. The van der Waals surface area contributed by atoms with E-state index in [4.69, 9.17) is 4.74 Å². The second kappa shape index (κ2) is 15.0. The minimum atomic E-state index is 0.0965. The molecule has 18 heavy (non-hydrogen) atoms. The molecule has 0 rings (SSSR count). The molecule has 0 spiro atoms. The summed E-state index contributed by atoms with van der Waals surface area (Å²) < 4.78 is 5.76. The first-order chi connectivity index (χ1) is 8.85. The van der Waals surface area contributed by atoms with Crippen LogP contribution in [0, 0.1) is 5.92 Å². The third-order valence-corrected chi connectivity index (χ3v) is 3.58. The topological polar surface area (TPSA) is 29.1 Å². The standard InChI is InChI=1S/C16H33O2/c1-3-5-12-16(4-2)15-18-14-11-9-7-6-8-10-13-17/h16H,3-15H2,1-2H3. The second-order valence-electron chi connectivity index (χ2n) is 5.32. The van der Waals surface area contributed by atoms with Crippen LogP contribution in [0.2, 0.25) is 0 Å². The van der Waals surface area contributed by atoms with E-state index in [0.717, 1.165) is 32.0 Å². The summed E-state index contributed by atoms with van der Waals surface area (Å²) in [5.41, 5.74) is 0. The lowest BCUT2D eigenvalue weighted by Gasteiger charge is -2.14. The van der Waals surface area contributed by atoms with E-state index in [-0.39, 0.29) is 6.61 Å². The minimum absolute atomic E-state index is 0.0965. The first kappa shape index (κ1) is 17.9. The highest BCUT2D eigenvalue weighted by molar-refractivity contribution is 4.56. The fraction of sp³-hybridized carbons (Fsp3) is 1.00. The maximum atomic E-state index is 10.3. The van der Waals surface area contributed by atoms with Crippen molar-refractivity contribution in [3.63, 3.8) is 0 Å². The Balaban J connectivity index is 3.17. The zero-order valence-electron chi connectivity index (χ0n) is 12.6. The van der Waals surface area contributed by atoms with E-state index in [2.05, 4.69) is 13.8 Å². The minimum Gasteiger partial charge on any atom is -0.381 e. The second-order valence-corrected chi connectivity index (χ2v) is 5.32. The van der Waals surface area contributed by atoms with Crippen molar-refractivity contribution in [3.05, 3.63) is 0 Å². The first-order valence-corrected chi connectivity index (χ1v) is 8.00. The molecule has 1 atom stereocenters. The van der Waals surface area contributed by atoms with Gasteiger partial charge in [0, 0.05) is 13.2 Å². The van der Waals surface area contributed by atoms with Crippen LogP contribution in [0.5, 0.6) is 0 Å². The highest BCUT2D eigenvalue weighted by Gasteiger charge is 2.05. The monoisotopic (exact) mass is 257 g/mol. The molecule has 0 bridgehead atoms. The summed E-state index contributed by atoms with van der Waals surface area (Å²) >= 11 is 0. The van der Waals surface area contributed by atoms with Gasteiger partial charge in [0.25, 0.3) is 0 Å². The number of hydrogen-bond donors (Lipinski definition) is 0. The van der Waals surface area contributed by atoms with Crippen LogP contribution in [-0.4, -0.2) is 19.8 Å². The maximum Gasteiger partial charge on any atom is 0.0822 e. The lowest BCUT2D eigenvalue weighted by Crippen LogP contribution is -2.09. The van der Waals surface area contributed by atoms with Gasteiger partial charge >= 0.3 is 0 Å². The summed E-state index contributed by atoms with van der Waals surface area (Å²) in [6.45, 7) is 6.48. The van der Waals surface area contributed by atoms with Crippen molar-refractivity contribution >= 4 is 0 Å². The van der Waals surface area contributed by atoms with Gasteiger partial charge in [-0.25, -0.2) is 5.11 Å². The van der Waals surface area contributed by atoms with Crippen LogP contribution in [0.1, 0.15) is 78.1 Å². The molecule has 0 aromatic carbocycles. The van der Waals surface area contributed by atoms with Crippen molar-refractivity contribution in [2.75, 3.05) is 19.8 Å². The molecule has 0 aromatic rings. The molecule has 1 unspecified atom stereocenters. The summed E-state index contributed by atoms with van der Waals surface area (Å²) in [7, 11) is 0. The van der Waals surface area contributed by atoms with Crippen LogP contribution in [0.15, 0.2) is 0 Å². The number of ether oxygens (including phenoxy) is 1. The van der Waals surface area contributed by atoms with Gasteiger partial charge in [-0.05, 0) is 25.2 Å². The lowest BCUT2D eigenvalue weighted by atomic mass is 10.0. The van der Waals surface area contributed by atoms with Crippen molar-refractivity contribution in [3.8, 4) is 0 Å². The Morgan fingerprint density at radius 1 is 0.889 bits per heavy atom. The van der Waals surface area contributed by atoms with Gasteiger partial charge in [-0.1, -0.05) is 58.8 Å². The van der Waals surface area contributed by atoms with E-state index >= 15 is 0 Å². The molecule has 1 radical (unpaired) electrons. The zero-order chi connectivity index (χ0) is 13.5. The Labute approximate surface area is 114 Å². The third kappa shape index (κ3) is 12.4. The molecule has 0 amide bonds. The highest BCUT2D eigenvalue weighted by Crippen LogP contribution is 2.13. The van der Waals surface area contributed by atoms with Crippen LogP contribution < -0.4 is 0 Å². The summed E-state index contributed by atoms with van der Waals surface area (Å²) in [6, 6.07) is 0. The fourth-order valence-corrected chi connectivity index (χ4v) is 2.16. The molecular formula is C16H33O2. The molecule has 0 N–H and O–H groups in total. The molecule has 0 saturated heterocycles. The molecule has 2 heteroatoms. The van der Waals surface area contributed by atoms with Crippen molar-refractivity contribution in [2.45, 2.75) is 78.1 Å². The summed E-state index contributed by atoms with van der Waals surface area (Å²) in [5.74, 6) is 0.766. The van der Waals surface area contributed by atoms with Gasteiger partial charge in [-0.3, -0.25) is 0 Å². The molecule has 0 saturated carbocycles. The Morgan fingerprint density at radius 2 is 1.56 bits per heavy atom. The smallest absolute Gasteiger partial charge is 0.0822 e. The predicted molar refractivity (Wildman–Crippen MR) is 77.4 cm³/mol. The molecule has 2 nitrogen and oxygen atoms in total. The van der Waals surface area contributed by atoms with Crippen molar-refractivity contribution in [2.24, 2.45) is 5.92 Å². The van der Waals surface area contributed by atoms with Crippen molar-refractivity contribution < 1.29 is 9.84 Å². The average Bonchev–Trinajstić information content (AvgIpc) is 2.40. The van der Waals surface area contributed by atoms with E-state index in [1.807, 2.05) is 0 Å². The van der Waals surface area contributed by atoms with E-state index in [1.165, 1.54) is 51.4 Å². The maximum absolute atomic E-state index is 10.3. The van der Waals surface area contributed by atoms with E-state index in [0.29, 0.717) is 0 Å². The van der Waals surface area contributed by atoms with Crippen LogP contribution in [-0.2, 0) is 9.84 Å². The summed E-state index contributed by atoms with van der Waals surface area (Å²) in [6.07, 6.45) is 12.1. The molecule has 109 valence electrons. The Bertz CT molecular complexity index is 148. The first-order valence-electron chi connectivity index (χ1n) is 8.00. The summed E-state index contributed by atoms with van der Waals surface area (Å²) in [5, 5.41) is 10.3. The number of hydrogen-bond acceptors (Lipinski definition) is 1. The summed E-state index contributed by atoms with van der Waals surface area (Å²) in [4.78, 5) is 0.